The Hall–Kier alpha value is -3.80. The number of aromatic nitrogens is 2. The SMILES string of the molecule is COc1ccc2ncc(F)c(/C=C/[C@@H]3CC[C@@H](NC(=O)/C=C/c4cc(F)ccc4F)[C@@H](CC(O)CO)O3)c2n1. The first-order valence-electron chi connectivity index (χ1n) is 12.3. The minimum atomic E-state index is -1.09. The molecular weight excluding hydrogens is 515 g/mol. The van der Waals surface area contributed by atoms with Gasteiger partial charge in [-0.05, 0) is 43.2 Å². The van der Waals surface area contributed by atoms with Crippen LogP contribution in [0.5, 0.6) is 5.88 Å². The van der Waals surface area contributed by atoms with Crippen LogP contribution >= 0.6 is 0 Å². The number of methoxy groups -OCH3 is 1. The van der Waals surface area contributed by atoms with Crippen molar-refractivity contribution in [3.63, 3.8) is 0 Å². The Morgan fingerprint density at radius 3 is 2.79 bits per heavy atom. The number of rotatable bonds is 9. The molecule has 1 aromatic carbocycles. The molecule has 4 rings (SSSR count). The fourth-order valence-electron chi connectivity index (χ4n) is 4.35. The molecule has 11 heteroatoms. The molecule has 1 amide bonds. The average Bonchev–Trinajstić information content (AvgIpc) is 2.93. The van der Waals surface area contributed by atoms with E-state index < -0.39 is 54.3 Å². The topological polar surface area (TPSA) is 114 Å². The van der Waals surface area contributed by atoms with Crippen molar-refractivity contribution in [3.8, 4) is 5.88 Å². The maximum Gasteiger partial charge on any atom is 0.244 e. The number of carbonyl (C=O) groups excluding carboxylic acids is 1. The zero-order valence-corrected chi connectivity index (χ0v) is 21.1. The number of fused-ring (bicyclic) bond motifs is 1. The Labute approximate surface area is 222 Å². The van der Waals surface area contributed by atoms with Crippen molar-refractivity contribution in [1.29, 1.82) is 0 Å². The minimum absolute atomic E-state index is 0.0271. The number of nitrogens with zero attached hydrogens (tertiary/aromatic N) is 2. The van der Waals surface area contributed by atoms with E-state index in [0.29, 0.717) is 29.8 Å². The summed E-state index contributed by atoms with van der Waals surface area (Å²) in [7, 11) is 1.46. The van der Waals surface area contributed by atoms with Gasteiger partial charge in [-0.15, -0.1) is 0 Å². The number of amides is 1. The van der Waals surface area contributed by atoms with Crippen LogP contribution in [0.1, 0.15) is 30.4 Å². The number of halogens is 3. The minimum Gasteiger partial charge on any atom is -0.481 e. The van der Waals surface area contributed by atoms with Crippen LogP contribution in [0, 0.1) is 17.5 Å². The number of hydrogen-bond acceptors (Lipinski definition) is 7. The number of benzene rings is 1. The molecule has 1 saturated heterocycles. The van der Waals surface area contributed by atoms with Crippen LogP contribution in [0.3, 0.4) is 0 Å². The third-order valence-electron chi connectivity index (χ3n) is 6.34. The quantitative estimate of drug-likeness (QED) is 0.354. The summed E-state index contributed by atoms with van der Waals surface area (Å²) in [6, 6.07) is 5.68. The zero-order valence-electron chi connectivity index (χ0n) is 21.1. The summed E-state index contributed by atoms with van der Waals surface area (Å²) in [6.45, 7) is -0.499. The largest absolute Gasteiger partial charge is 0.481 e. The van der Waals surface area contributed by atoms with Crippen LogP contribution in [0.25, 0.3) is 23.2 Å². The van der Waals surface area contributed by atoms with Gasteiger partial charge in [0, 0.05) is 29.7 Å². The normalized spacial score (nSPS) is 20.5. The van der Waals surface area contributed by atoms with E-state index in [-0.39, 0.29) is 17.5 Å². The third-order valence-corrected chi connectivity index (χ3v) is 6.34. The van der Waals surface area contributed by atoms with E-state index in [4.69, 9.17) is 9.47 Å². The summed E-state index contributed by atoms with van der Waals surface area (Å²) >= 11 is 0. The van der Waals surface area contributed by atoms with Crippen molar-refractivity contribution in [2.24, 2.45) is 0 Å². The first-order chi connectivity index (χ1) is 18.8. The van der Waals surface area contributed by atoms with Crippen LogP contribution in [0.2, 0.25) is 0 Å². The molecule has 1 aliphatic heterocycles. The molecule has 0 spiro atoms. The van der Waals surface area contributed by atoms with Crippen LogP contribution in [0.15, 0.2) is 48.7 Å². The molecule has 1 unspecified atom stereocenters. The lowest BCUT2D eigenvalue weighted by Crippen LogP contribution is -2.50. The van der Waals surface area contributed by atoms with Gasteiger partial charge in [0.25, 0.3) is 0 Å². The second-order valence-corrected chi connectivity index (χ2v) is 9.08. The Morgan fingerprint density at radius 2 is 2.03 bits per heavy atom. The van der Waals surface area contributed by atoms with Crippen molar-refractivity contribution >= 4 is 29.1 Å². The lowest BCUT2D eigenvalue weighted by atomic mass is 9.94. The first-order valence-corrected chi connectivity index (χ1v) is 12.3. The second kappa shape index (κ2) is 12.8. The molecule has 206 valence electrons. The predicted molar refractivity (Wildman–Crippen MR) is 138 cm³/mol. The third kappa shape index (κ3) is 7.20. The number of carbonyl (C=O) groups is 1. The van der Waals surface area contributed by atoms with Gasteiger partial charge in [0.2, 0.25) is 11.8 Å². The highest BCUT2D eigenvalue weighted by molar-refractivity contribution is 5.92. The number of ether oxygens (including phenoxy) is 2. The average molecular weight is 544 g/mol. The maximum atomic E-state index is 14.7. The molecular formula is C28H28F3N3O5. The Bertz CT molecular complexity index is 1380. The van der Waals surface area contributed by atoms with E-state index in [1.165, 1.54) is 7.11 Å². The van der Waals surface area contributed by atoms with Gasteiger partial charge in [0.15, 0.2) is 5.82 Å². The van der Waals surface area contributed by atoms with Crippen molar-refractivity contribution < 1.29 is 37.7 Å². The Kier molecular flexibility index (Phi) is 9.28. The number of aliphatic hydroxyl groups excluding tert-OH is 2. The zero-order chi connectivity index (χ0) is 27.9. The van der Waals surface area contributed by atoms with Crippen LogP contribution in [-0.2, 0) is 9.53 Å². The molecule has 3 heterocycles. The summed E-state index contributed by atoms with van der Waals surface area (Å²) < 4.78 is 53.1. The van der Waals surface area contributed by atoms with Gasteiger partial charge in [-0.25, -0.2) is 18.2 Å². The molecule has 0 radical (unpaired) electrons. The highest BCUT2D eigenvalue weighted by atomic mass is 19.1. The van der Waals surface area contributed by atoms with Crippen molar-refractivity contribution in [2.75, 3.05) is 13.7 Å². The summed E-state index contributed by atoms with van der Waals surface area (Å²) in [5.41, 5.74) is 0.935. The number of hydrogen-bond donors (Lipinski definition) is 3. The smallest absolute Gasteiger partial charge is 0.244 e. The molecule has 0 bridgehead atoms. The van der Waals surface area contributed by atoms with E-state index in [2.05, 4.69) is 15.3 Å². The fourth-order valence-corrected chi connectivity index (χ4v) is 4.35. The van der Waals surface area contributed by atoms with E-state index in [9.17, 15) is 28.2 Å². The van der Waals surface area contributed by atoms with Gasteiger partial charge in [-0.2, -0.15) is 0 Å². The first kappa shape index (κ1) is 28.2. The highest BCUT2D eigenvalue weighted by Crippen LogP contribution is 2.27. The molecule has 1 fully saturated rings. The molecule has 0 aliphatic carbocycles. The molecule has 4 atom stereocenters. The monoisotopic (exact) mass is 543 g/mol. The second-order valence-electron chi connectivity index (χ2n) is 9.08. The number of pyridine rings is 2. The summed E-state index contributed by atoms with van der Waals surface area (Å²) in [5.74, 6) is -2.13. The van der Waals surface area contributed by atoms with Gasteiger partial charge in [-0.1, -0.05) is 12.2 Å². The van der Waals surface area contributed by atoms with Gasteiger partial charge in [0.1, 0.15) is 17.2 Å². The van der Waals surface area contributed by atoms with E-state index in [1.807, 2.05) is 0 Å². The van der Waals surface area contributed by atoms with Gasteiger partial charge < -0.3 is 25.0 Å². The van der Waals surface area contributed by atoms with Crippen molar-refractivity contribution in [2.45, 2.75) is 43.6 Å². The molecule has 8 nitrogen and oxygen atoms in total. The molecule has 0 saturated carbocycles. The lowest BCUT2D eigenvalue weighted by molar-refractivity contribution is -0.121. The van der Waals surface area contributed by atoms with Crippen LogP contribution < -0.4 is 10.1 Å². The summed E-state index contributed by atoms with van der Waals surface area (Å²) in [5, 5.41) is 22.1. The Morgan fingerprint density at radius 1 is 1.21 bits per heavy atom. The molecule has 1 aliphatic rings. The highest BCUT2D eigenvalue weighted by Gasteiger charge is 2.32. The number of aliphatic hydroxyl groups is 2. The van der Waals surface area contributed by atoms with Crippen molar-refractivity contribution in [1.82, 2.24) is 15.3 Å². The summed E-state index contributed by atoms with van der Waals surface area (Å²) in [4.78, 5) is 20.9. The summed E-state index contributed by atoms with van der Waals surface area (Å²) in [6.07, 6.45) is 5.23. The van der Waals surface area contributed by atoms with Crippen molar-refractivity contribution in [3.05, 3.63) is 77.3 Å². The van der Waals surface area contributed by atoms with E-state index in [0.717, 1.165) is 36.5 Å². The molecule has 3 aromatic rings. The van der Waals surface area contributed by atoms with E-state index in [1.54, 1.807) is 24.3 Å². The standard InChI is InChI=1S/C28H28F3N3O5/c1-38-27-11-9-24-28(34-27)20(22(31)14-32-24)6-4-19-5-8-23(25(39-19)13-18(36)15-35)33-26(37)10-2-16-12-17(29)3-7-21(16)30/h2-4,6-7,9-12,14,18-19,23,25,35-36H,5,8,13,15H2,1H3,(H,33,37)/b6-4+,10-2+/t18?,19-,23-,25-/m1/s1. The predicted octanol–water partition coefficient (Wildman–Crippen LogP) is 3.56. The molecule has 3 N–H and O–H groups in total. The van der Waals surface area contributed by atoms with Gasteiger partial charge >= 0.3 is 0 Å². The fraction of sp³-hybridized carbons (Fsp3) is 0.321. The number of nitrogens with one attached hydrogen (secondary N) is 1. The molecule has 39 heavy (non-hydrogen) atoms. The molecule has 2 aromatic heterocycles. The Balaban J connectivity index is 1.48. The van der Waals surface area contributed by atoms with Gasteiger partial charge in [0.05, 0.1) is 49.8 Å². The van der Waals surface area contributed by atoms with Crippen LogP contribution in [-0.4, -0.2) is 64.2 Å². The van der Waals surface area contributed by atoms with Crippen LogP contribution in [0.4, 0.5) is 13.2 Å². The van der Waals surface area contributed by atoms with E-state index >= 15 is 0 Å². The lowest BCUT2D eigenvalue weighted by Gasteiger charge is -2.36. The van der Waals surface area contributed by atoms with Gasteiger partial charge in [-0.3, -0.25) is 9.78 Å². The maximum absolute atomic E-state index is 14.7.